The lowest BCUT2D eigenvalue weighted by atomic mass is 10.1. The SMILES string of the molecule is CC(C)(C)NC(=O)COC(=O)c1ccc2c(c1)OCO2. The van der Waals surface area contributed by atoms with Crippen LogP contribution in [0.4, 0.5) is 0 Å². The lowest BCUT2D eigenvalue weighted by Crippen LogP contribution is -2.42. The van der Waals surface area contributed by atoms with Gasteiger partial charge >= 0.3 is 5.97 Å². The molecule has 20 heavy (non-hydrogen) atoms. The third-order valence-electron chi connectivity index (χ3n) is 2.46. The number of carbonyl (C=O) groups excluding carboxylic acids is 2. The van der Waals surface area contributed by atoms with E-state index in [1.165, 1.54) is 6.07 Å². The number of amides is 1. The standard InChI is InChI=1S/C14H17NO5/c1-14(2,3)15-12(16)7-18-13(17)9-4-5-10-11(6-9)20-8-19-10/h4-6H,7-8H2,1-3H3,(H,15,16). The smallest absolute Gasteiger partial charge is 0.338 e. The zero-order valence-corrected chi connectivity index (χ0v) is 11.7. The maximum atomic E-state index is 11.8. The fraction of sp³-hybridized carbons (Fsp3) is 0.429. The average molecular weight is 279 g/mol. The zero-order valence-electron chi connectivity index (χ0n) is 11.7. The Kier molecular flexibility index (Phi) is 3.83. The molecule has 2 rings (SSSR count). The van der Waals surface area contributed by atoms with Crippen molar-refractivity contribution in [1.82, 2.24) is 5.32 Å². The van der Waals surface area contributed by atoms with Crippen LogP contribution in [0.1, 0.15) is 31.1 Å². The van der Waals surface area contributed by atoms with Gasteiger partial charge in [0, 0.05) is 5.54 Å². The molecule has 6 nitrogen and oxygen atoms in total. The van der Waals surface area contributed by atoms with Crippen molar-refractivity contribution in [2.75, 3.05) is 13.4 Å². The van der Waals surface area contributed by atoms with E-state index < -0.39 is 5.97 Å². The van der Waals surface area contributed by atoms with Gasteiger partial charge < -0.3 is 19.5 Å². The van der Waals surface area contributed by atoms with E-state index in [0.29, 0.717) is 17.1 Å². The number of fused-ring (bicyclic) bond motifs is 1. The summed E-state index contributed by atoms with van der Waals surface area (Å²) in [4.78, 5) is 23.4. The van der Waals surface area contributed by atoms with Crippen LogP contribution in [0, 0.1) is 0 Å². The molecule has 1 N–H and O–H groups in total. The Bertz CT molecular complexity index is 533. The van der Waals surface area contributed by atoms with Crippen molar-refractivity contribution in [3.63, 3.8) is 0 Å². The van der Waals surface area contributed by atoms with E-state index in [2.05, 4.69) is 5.32 Å². The summed E-state index contributed by atoms with van der Waals surface area (Å²) in [7, 11) is 0. The van der Waals surface area contributed by atoms with Gasteiger partial charge in [-0.1, -0.05) is 0 Å². The second kappa shape index (κ2) is 5.40. The van der Waals surface area contributed by atoms with E-state index in [0.717, 1.165) is 0 Å². The fourth-order valence-electron chi connectivity index (χ4n) is 1.69. The molecule has 1 amide bonds. The highest BCUT2D eigenvalue weighted by Crippen LogP contribution is 2.32. The number of carbonyl (C=O) groups is 2. The first-order valence-corrected chi connectivity index (χ1v) is 6.23. The van der Waals surface area contributed by atoms with Gasteiger partial charge in [0.25, 0.3) is 5.91 Å². The normalized spacial score (nSPS) is 12.9. The number of nitrogens with one attached hydrogen (secondary N) is 1. The monoisotopic (exact) mass is 279 g/mol. The van der Waals surface area contributed by atoms with Gasteiger partial charge in [-0.25, -0.2) is 4.79 Å². The summed E-state index contributed by atoms with van der Waals surface area (Å²) in [5.74, 6) is 0.171. The summed E-state index contributed by atoms with van der Waals surface area (Å²) in [5.41, 5.74) is -0.0415. The Morgan fingerprint density at radius 1 is 1.25 bits per heavy atom. The number of benzene rings is 1. The molecule has 0 aromatic heterocycles. The Balaban J connectivity index is 1.91. The molecule has 0 radical (unpaired) electrons. The van der Waals surface area contributed by atoms with Crippen molar-refractivity contribution in [2.24, 2.45) is 0 Å². The minimum Gasteiger partial charge on any atom is -0.454 e. The first-order valence-electron chi connectivity index (χ1n) is 6.23. The summed E-state index contributed by atoms with van der Waals surface area (Å²) in [6.07, 6.45) is 0. The Labute approximate surface area is 117 Å². The number of rotatable bonds is 3. The molecule has 0 saturated carbocycles. The number of esters is 1. The van der Waals surface area contributed by atoms with Crippen LogP contribution in [-0.2, 0) is 9.53 Å². The van der Waals surface area contributed by atoms with E-state index >= 15 is 0 Å². The van der Waals surface area contributed by atoms with Gasteiger partial charge in [-0.15, -0.1) is 0 Å². The fourth-order valence-corrected chi connectivity index (χ4v) is 1.69. The van der Waals surface area contributed by atoms with Crippen LogP contribution in [0.2, 0.25) is 0 Å². The van der Waals surface area contributed by atoms with Gasteiger partial charge in [0.1, 0.15) is 0 Å². The van der Waals surface area contributed by atoms with Crippen LogP contribution < -0.4 is 14.8 Å². The highest BCUT2D eigenvalue weighted by atomic mass is 16.7. The maximum absolute atomic E-state index is 11.8. The van der Waals surface area contributed by atoms with E-state index in [9.17, 15) is 9.59 Å². The first-order chi connectivity index (χ1) is 9.35. The van der Waals surface area contributed by atoms with Gasteiger partial charge in [0.2, 0.25) is 6.79 Å². The second-order valence-corrected chi connectivity index (χ2v) is 5.44. The highest BCUT2D eigenvalue weighted by molar-refractivity contribution is 5.92. The predicted molar refractivity (Wildman–Crippen MR) is 70.7 cm³/mol. The van der Waals surface area contributed by atoms with Crippen molar-refractivity contribution in [1.29, 1.82) is 0 Å². The van der Waals surface area contributed by atoms with Crippen molar-refractivity contribution in [2.45, 2.75) is 26.3 Å². The zero-order chi connectivity index (χ0) is 14.8. The number of ether oxygens (including phenoxy) is 3. The van der Waals surface area contributed by atoms with Crippen LogP contribution in [0.15, 0.2) is 18.2 Å². The minimum atomic E-state index is -0.577. The molecule has 0 bridgehead atoms. The molecule has 1 heterocycles. The third-order valence-corrected chi connectivity index (χ3v) is 2.46. The van der Waals surface area contributed by atoms with E-state index in [-0.39, 0.29) is 24.8 Å². The van der Waals surface area contributed by atoms with Crippen LogP contribution in [0.25, 0.3) is 0 Å². The Morgan fingerprint density at radius 2 is 1.95 bits per heavy atom. The summed E-state index contributed by atoms with van der Waals surface area (Å²) in [5, 5.41) is 2.71. The van der Waals surface area contributed by atoms with Crippen molar-refractivity contribution >= 4 is 11.9 Å². The molecule has 0 saturated heterocycles. The quantitative estimate of drug-likeness (QED) is 0.848. The molecule has 108 valence electrons. The van der Waals surface area contributed by atoms with Crippen LogP contribution in [0.3, 0.4) is 0 Å². The van der Waals surface area contributed by atoms with Crippen LogP contribution in [-0.4, -0.2) is 30.8 Å². The van der Waals surface area contributed by atoms with Crippen molar-refractivity contribution in [3.8, 4) is 11.5 Å². The molecule has 6 heteroatoms. The molecular formula is C14H17NO5. The minimum absolute atomic E-state index is 0.141. The number of hydrogen-bond donors (Lipinski definition) is 1. The molecule has 0 atom stereocenters. The molecular weight excluding hydrogens is 262 g/mol. The summed E-state index contributed by atoms with van der Waals surface area (Å²) >= 11 is 0. The predicted octanol–water partition coefficient (Wildman–Crippen LogP) is 1.49. The summed E-state index contributed by atoms with van der Waals surface area (Å²) in [6, 6.07) is 4.73. The average Bonchev–Trinajstić information content (AvgIpc) is 2.80. The van der Waals surface area contributed by atoms with E-state index in [4.69, 9.17) is 14.2 Å². The van der Waals surface area contributed by atoms with E-state index in [1.807, 2.05) is 20.8 Å². The largest absolute Gasteiger partial charge is 0.454 e. The highest BCUT2D eigenvalue weighted by Gasteiger charge is 2.19. The van der Waals surface area contributed by atoms with Crippen molar-refractivity contribution in [3.05, 3.63) is 23.8 Å². The maximum Gasteiger partial charge on any atom is 0.338 e. The summed E-state index contributed by atoms with van der Waals surface area (Å²) < 4.78 is 15.3. The molecule has 1 aliphatic rings. The molecule has 0 unspecified atom stereocenters. The lowest BCUT2D eigenvalue weighted by Gasteiger charge is -2.20. The van der Waals surface area contributed by atoms with E-state index in [1.54, 1.807) is 12.1 Å². The number of hydrogen-bond acceptors (Lipinski definition) is 5. The van der Waals surface area contributed by atoms with Crippen LogP contribution in [0.5, 0.6) is 11.5 Å². The van der Waals surface area contributed by atoms with Gasteiger partial charge in [-0.2, -0.15) is 0 Å². The second-order valence-electron chi connectivity index (χ2n) is 5.44. The molecule has 1 aliphatic heterocycles. The lowest BCUT2D eigenvalue weighted by molar-refractivity contribution is -0.125. The third kappa shape index (κ3) is 3.63. The summed E-state index contributed by atoms with van der Waals surface area (Å²) in [6.45, 7) is 5.38. The van der Waals surface area contributed by atoms with Crippen LogP contribution >= 0.6 is 0 Å². The molecule has 1 aromatic carbocycles. The molecule has 1 aromatic rings. The van der Waals surface area contributed by atoms with Gasteiger partial charge in [-0.05, 0) is 39.0 Å². The Morgan fingerprint density at radius 3 is 2.65 bits per heavy atom. The first kappa shape index (κ1) is 14.2. The van der Waals surface area contributed by atoms with Gasteiger partial charge in [0.05, 0.1) is 5.56 Å². The Hall–Kier alpha value is -2.24. The molecule has 0 aliphatic carbocycles. The van der Waals surface area contributed by atoms with Gasteiger partial charge in [0.15, 0.2) is 18.1 Å². The van der Waals surface area contributed by atoms with Gasteiger partial charge in [-0.3, -0.25) is 4.79 Å². The van der Waals surface area contributed by atoms with Crippen molar-refractivity contribution < 1.29 is 23.8 Å². The molecule has 0 spiro atoms. The topological polar surface area (TPSA) is 73.9 Å². The molecule has 0 fully saturated rings.